The molecule has 0 aromatic heterocycles. The second-order valence-electron chi connectivity index (χ2n) is 21.1. The quantitative estimate of drug-likeness (QED) is 0.0211. The molecule has 0 aliphatic heterocycles. The average Bonchev–Trinajstić information content (AvgIpc) is 3.31. The molecule has 3 rings (SSSR count). The van der Waals surface area contributed by atoms with E-state index < -0.39 is 68.1 Å². The first-order chi connectivity index (χ1) is 36.1. The van der Waals surface area contributed by atoms with Crippen LogP contribution in [0.4, 0.5) is 0 Å². The summed E-state index contributed by atoms with van der Waals surface area (Å²) in [5, 5.41) is 0. The first-order valence-corrected chi connectivity index (χ1v) is 36.8. The van der Waals surface area contributed by atoms with E-state index in [2.05, 4.69) is 114 Å². The molecule has 0 bridgehead atoms. The molecule has 6 atom stereocenters. The van der Waals surface area contributed by atoms with E-state index in [0.717, 1.165) is 96.3 Å². The summed E-state index contributed by atoms with van der Waals surface area (Å²) in [5.41, 5.74) is 7.90. The minimum atomic E-state index is -4.99. The molecule has 0 aliphatic rings. The molecule has 0 saturated carbocycles. The minimum absolute atomic E-state index is 0. The van der Waals surface area contributed by atoms with Gasteiger partial charge in [-0.2, -0.15) is 0 Å². The van der Waals surface area contributed by atoms with Gasteiger partial charge < -0.3 is 43.0 Å². The number of unbranched alkanes of at least 4 members (excludes halogenated alkanes) is 3. The average molecular weight is 1330 g/mol. The Hall–Kier alpha value is 2.75. The summed E-state index contributed by atoms with van der Waals surface area (Å²) in [7, 11) is -29.7. The maximum atomic E-state index is 11.1. The van der Waals surface area contributed by atoms with Crippen LogP contribution >= 0.6 is 22.8 Å². The summed E-state index contributed by atoms with van der Waals surface area (Å²) >= 11 is 0. The molecule has 3 aromatic carbocycles. The molecule has 0 fully saturated rings. The second-order valence-corrected chi connectivity index (χ2v) is 32.2. The fourth-order valence-electron chi connectivity index (χ4n) is 9.03. The third-order valence-corrected chi connectivity index (χ3v) is 24.3. The van der Waals surface area contributed by atoms with Crippen molar-refractivity contribution in [2.75, 3.05) is 0 Å². The molecular formula is C54H90K3O18P3S3. The van der Waals surface area contributed by atoms with Crippen molar-refractivity contribution in [2.24, 2.45) is 17.8 Å². The van der Waals surface area contributed by atoms with Crippen molar-refractivity contribution in [3.63, 3.8) is 0 Å². The van der Waals surface area contributed by atoms with Gasteiger partial charge in [-0.3, -0.25) is 13.7 Å². The third-order valence-electron chi connectivity index (χ3n) is 13.8. The van der Waals surface area contributed by atoms with E-state index in [1.165, 1.54) is 33.4 Å². The van der Waals surface area contributed by atoms with Gasteiger partial charge in [0.2, 0.25) is 0 Å². The van der Waals surface area contributed by atoms with E-state index in [0.29, 0.717) is 56.3 Å². The van der Waals surface area contributed by atoms with Gasteiger partial charge in [0.25, 0.3) is 0 Å². The topological polar surface area (TPSA) is 344 Å². The van der Waals surface area contributed by atoms with Gasteiger partial charge in [0.15, 0.2) is 15.0 Å². The Kier molecular flexibility index (Phi) is 49.0. The SMILES string of the molecule is CCCc1ccc(CCC(C)CCCCC(P(=O)(O)O)S(=O)(=O)[O-])cc1.CCCc1ccc(CCC(C)CCCCC(P(=O)(O)O)S(=O)(=O)[O-])cc1.CCCc1ccc(CCC(C)CCCCC(P(=O)(O)O)S(=O)(=O)[O-])cc1.[K+].[K+].[K+]. The molecule has 27 heteroatoms. The largest absolute Gasteiger partial charge is 1.00 e. The Morgan fingerprint density at radius 3 is 0.642 bits per heavy atom. The van der Waals surface area contributed by atoms with E-state index in [4.69, 9.17) is 29.4 Å². The van der Waals surface area contributed by atoms with Crippen molar-refractivity contribution in [3.05, 3.63) is 106 Å². The van der Waals surface area contributed by atoms with Crippen molar-refractivity contribution >= 4 is 53.1 Å². The Bertz CT molecular complexity index is 2350. The van der Waals surface area contributed by atoms with E-state index >= 15 is 0 Å². The van der Waals surface area contributed by atoms with Crippen LogP contribution in [0.5, 0.6) is 0 Å². The Labute approximate surface area is 614 Å². The van der Waals surface area contributed by atoms with Crippen LogP contribution in [0.25, 0.3) is 0 Å². The zero-order valence-corrected chi connectivity index (χ0v) is 64.0. The Balaban J connectivity index is -0.00000111. The third kappa shape index (κ3) is 41.7. The molecule has 450 valence electrons. The summed E-state index contributed by atoms with van der Waals surface area (Å²) in [6, 6.07) is 25.9. The predicted molar refractivity (Wildman–Crippen MR) is 306 cm³/mol. The predicted octanol–water partition coefficient (Wildman–Crippen LogP) is 2.46. The number of benzene rings is 3. The van der Waals surface area contributed by atoms with Crippen LogP contribution in [0.15, 0.2) is 72.8 Å². The fourth-order valence-corrected chi connectivity index (χ4v) is 16.0. The monoisotopic (exact) mass is 1330 g/mol. The van der Waals surface area contributed by atoms with Crippen LogP contribution in [-0.2, 0) is 82.6 Å². The van der Waals surface area contributed by atoms with Crippen LogP contribution in [0, 0.1) is 17.8 Å². The van der Waals surface area contributed by atoms with Gasteiger partial charge in [-0.25, -0.2) is 25.3 Å². The molecule has 0 amide bonds. The van der Waals surface area contributed by atoms with Gasteiger partial charge in [-0.05, 0) is 128 Å². The number of hydrogen-bond donors (Lipinski definition) is 6. The number of rotatable bonds is 36. The van der Waals surface area contributed by atoms with E-state index in [9.17, 15) is 52.6 Å². The smallest absolute Gasteiger partial charge is 0.747 e. The zero-order valence-electron chi connectivity index (χ0n) is 49.5. The summed E-state index contributed by atoms with van der Waals surface area (Å²) in [4.78, 5) is 47.7. The van der Waals surface area contributed by atoms with Crippen molar-refractivity contribution < 1.29 is 236 Å². The van der Waals surface area contributed by atoms with E-state index in [1.54, 1.807) is 0 Å². The van der Waals surface area contributed by atoms with E-state index in [1.807, 2.05) is 0 Å². The molecule has 6 N–H and O–H groups in total. The maximum Gasteiger partial charge on any atom is 1.00 e. The van der Waals surface area contributed by atoms with Crippen LogP contribution in [0.3, 0.4) is 0 Å². The molecule has 0 saturated heterocycles. The van der Waals surface area contributed by atoms with Gasteiger partial charge in [0, 0.05) is 0 Å². The molecule has 6 unspecified atom stereocenters. The molecule has 3 aromatic rings. The summed E-state index contributed by atoms with van der Waals surface area (Å²) in [6.45, 7) is 12.8. The van der Waals surface area contributed by atoms with Crippen LogP contribution in [0.2, 0.25) is 0 Å². The molecule has 0 heterocycles. The van der Waals surface area contributed by atoms with Crippen molar-refractivity contribution in [3.8, 4) is 0 Å². The fraction of sp³-hybridized carbons (Fsp3) is 0.667. The first kappa shape index (κ1) is 87.9. The van der Waals surface area contributed by atoms with E-state index in [-0.39, 0.29) is 173 Å². The van der Waals surface area contributed by atoms with Crippen LogP contribution in [0.1, 0.15) is 190 Å². The van der Waals surface area contributed by atoms with Crippen molar-refractivity contribution in [1.82, 2.24) is 0 Å². The maximum absolute atomic E-state index is 11.1. The van der Waals surface area contributed by atoms with Crippen molar-refractivity contribution in [2.45, 2.75) is 211 Å². The molecule has 18 nitrogen and oxygen atoms in total. The van der Waals surface area contributed by atoms with Gasteiger partial charge in [-0.1, -0.05) is 191 Å². The Morgan fingerprint density at radius 2 is 0.494 bits per heavy atom. The second kappa shape index (κ2) is 45.1. The van der Waals surface area contributed by atoms with Gasteiger partial charge >= 0.3 is 177 Å². The molecule has 0 spiro atoms. The minimum Gasteiger partial charge on any atom is -0.747 e. The Morgan fingerprint density at radius 1 is 0.333 bits per heavy atom. The van der Waals surface area contributed by atoms with Crippen molar-refractivity contribution in [1.29, 1.82) is 0 Å². The number of hydrogen-bond acceptors (Lipinski definition) is 12. The van der Waals surface area contributed by atoms with Gasteiger partial charge in [0.05, 0.1) is 0 Å². The summed E-state index contributed by atoms with van der Waals surface area (Å²) < 4.78 is 132. The number of aryl methyl sites for hydroxylation is 6. The summed E-state index contributed by atoms with van der Waals surface area (Å²) in [6.07, 6.45) is 17.0. The molecular weight excluding hydrogens is 1240 g/mol. The standard InChI is InChI=1S/3C18H31O6PS.3K/c3*1-3-6-16-11-13-17(14-12-16)10-9-15(2)7-4-5-8-18(25(19,20)21)26(22,23)24;;;/h3*11-15,18H,3-10H2,1-2H3,(H2,19,20,21)(H,22,23,24);;;/q;;;3*+1/p-3. The van der Waals surface area contributed by atoms with Crippen LogP contribution in [-0.4, -0.2) is 83.2 Å². The zero-order chi connectivity index (χ0) is 59.4. The first-order valence-electron chi connectivity index (χ1n) is 27.3. The van der Waals surface area contributed by atoms with Gasteiger partial charge in [0.1, 0.15) is 30.4 Å². The van der Waals surface area contributed by atoms with Crippen LogP contribution < -0.4 is 154 Å². The molecule has 0 aliphatic carbocycles. The summed E-state index contributed by atoms with van der Waals surface area (Å²) in [5.74, 6) is 1.26. The van der Waals surface area contributed by atoms with Gasteiger partial charge in [-0.15, -0.1) is 0 Å². The normalized spacial score (nSPS) is 14.4. The molecule has 81 heavy (non-hydrogen) atoms. The molecule has 0 radical (unpaired) electrons.